The molecule has 2 aromatic rings. The number of phosphoric acid groups is 1. The highest BCUT2D eigenvalue weighted by Crippen LogP contribution is 2.57. The highest BCUT2D eigenvalue weighted by Gasteiger charge is 2.52. The van der Waals surface area contributed by atoms with Gasteiger partial charge in [-0.1, -0.05) is 12.2 Å². The molecule has 2 bridgehead atoms. The molecule has 0 amide bonds. The van der Waals surface area contributed by atoms with Crippen molar-refractivity contribution in [2.75, 3.05) is 25.1 Å². The topological polar surface area (TPSA) is 193 Å². The standard InChI is InChI=1S/C19H25IN4O11P2S/c20-16-15-12(25)9(32-16)5-30-36(27,28)34-14-10(6-31-37(29,38)35-15)33-19(13(14)26)24-4-8-2-1-3-21-17-11(8)18(24)23-7-22-17/h4,7,9-10,12-16,19,25-26H,1-3,5-6H2,(H,27,28)(H,29,38)(H,21,22,23)/t9?,10-,12-,13-,14-,15-,16-,19-,37-/m1/s1. The van der Waals surface area contributed by atoms with E-state index in [4.69, 9.17) is 27.6 Å². The van der Waals surface area contributed by atoms with Crippen LogP contribution >= 0.6 is 49.5 Å². The van der Waals surface area contributed by atoms with Crippen LogP contribution in [0.5, 0.6) is 0 Å². The van der Waals surface area contributed by atoms with Crippen LogP contribution in [0.25, 0.3) is 11.0 Å². The summed E-state index contributed by atoms with van der Waals surface area (Å²) in [5, 5.41) is 25.8. The van der Waals surface area contributed by atoms with Gasteiger partial charge in [-0.15, -0.1) is 0 Å². The predicted molar refractivity (Wildman–Crippen MR) is 141 cm³/mol. The summed E-state index contributed by atoms with van der Waals surface area (Å²) in [5.41, 5.74) is 1.43. The number of halogens is 1. The summed E-state index contributed by atoms with van der Waals surface area (Å²) in [4.78, 5) is 19.1. The fourth-order valence-electron chi connectivity index (χ4n) is 5.02. The normalized spacial score (nSPS) is 43.9. The lowest BCUT2D eigenvalue weighted by atomic mass is 10.1. The van der Waals surface area contributed by atoms with E-state index in [1.165, 1.54) is 6.33 Å². The molecule has 3 saturated heterocycles. The summed E-state index contributed by atoms with van der Waals surface area (Å²) in [6.45, 7) is -4.37. The smallest absolute Gasteiger partial charge is 0.387 e. The van der Waals surface area contributed by atoms with Crippen LogP contribution in [0.2, 0.25) is 0 Å². The molecule has 38 heavy (non-hydrogen) atoms. The summed E-state index contributed by atoms with van der Waals surface area (Å²) < 4.78 is 59.6. The van der Waals surface area contributed by atoms with Crippen molar-refractivity contribution in [2.24, 2.45) is 0 Å². The van der Waals surface area contributed by atoms with Gasteiger partial charge in [-0.25, -0.2) is 19.1 Å². The number of fused-ring (bicyclic) bond motifs is 3. The maximum atomic E-state index is 13.0. The minimum absolute atomic E-state index is 0.487. The summed E-state index contributed by atoms with van der Waals surface area (Å²) >= 11 is 5.83. The second kappa shape index (κ2) is 10.5. The van der Waals surface area contributed by atoms with Crippen LogP contribution in [0.4, 0.5) is 5.82 Å². The van der Waals surface area contributed by atoms with Gasteiger partial charge in [-0.3, -0.25) is 18.1 Å². The lowest BCUT2D eigenvalue weighted by Crippen LogP contribution is -2.36. The average Bonchev–Trinajstić information content (AvgIpc) is 3.39. The fourth-order valence-corrected chi connectivity index (χ4v) is 8.63. The zero-order valence-electron chi connectivity index (χ0n) is 19.5. The molecule has 4 aliphatic rings. The first-order chi connectivity index (χ1) is 18.0. The Hall–Kier alpha value is -0.400. The van der Waals surface area contributed by atoms with Crippen molar-refractivity contribution in [1.29, 1.82) is 0 Å². The molecule has 19 heteroatoms. The lowest BCUT2D eigenvalue weighted by molar-refractivity contribution is -0.0495. The number of anilines is 1. The molecule has 4 N–H and O–H groups in total. The summed E-state index contributed by atoms with van der Waals surface area (Å²) in [6, 6.07) is 0. The second-order valence-corrected chi connectivity index (χ2v) is 14.8. The number of aryl methyl sites for hydroxylation is 1. The molecule has 2 aromatic heterocycles. The van der Waals surface area contributed by atoms with Gasteiger partial charge in [-0.05, 0) is 41.0 Å². The molecule has 6 rings (SSSR count). The first-order valence-corrected chi connectivity index (χ1v) is 17.2. The van der Waals surface area contributed by atoms with Crippen LogP contribution in [-0.2, 0) is 43.1 Å². The van der Waals surface area contributed by atoms with Crippen molar-refractivity contribution in [3.05, 3.63) is 18.1 Å². The number of aliphatic hydroxyl groups is 2. The van der Waals surface area contributed by atoms with Gasteiger partial charge in [0.25, 0.3) is 0 Å². The van der Waals surface area contributed by atoms with E-state index in [0.29, 0.717) is 11.5 Å². The van der Waals surface area contributed by atoms with Crippen molar-refractivity contribution in [1.82, 2.24) is 14.5 Å². The zero-order chi connectivity index (χ0) is 26.8. The van der Waals surface area contributed by atoms with E-state index < -0.39 is 74.8 Å². The molecule has 0 aliphatic carbocycles. The minimum Gasteiger partial charge on any atom is -0.387 e. The largest absolute Gasteiger partial charge is 0.472 e. The number of hydrogen-bond acceptors (Lipinski definition) is 13. The minimum atomic E-state index is -4.80. The van der Waals surface area contributed by atoms with Gasteiger partial charge < -0.3 is 34.5 Å². The Morgan fingerprint density at radius 3 is 2.68 bits per heavy atom. The lowest BCUT2D eigenvalue weighted by Gasteiger charge is -2.24. The SMILES string of the molecule is O=P1(O)OCC2O[C@@H](I)[C@H](O[P@](=O)(S)OC[C@H]3O[C@@H](n4cc5c6c(ncnc64)NCCC5)[C@H](O)[C@@H]3O1)[C@@H]2O. The molecule has 4 aliphatic heterocycles. The van der Waals surface area contributed by atoms with Crippen LogP contribution in [0.15, 0.2) is 12.5 Å². The van der Waals surface area contributed by atoms with Gasteiger partial charge in [0.1, 0.15) is 58.5 Å². The molecule has 0 spiro atoms. The summed E-state index contributed by atoms with van der Waals surface area (Å²) in [7, 11) is -4.80. The molecule has 0 saturated carbocycles. The monoisotopic (exact) mass is 706 g/mol. The number of hydrogen-bond donors (Lipinski definition) is 5. The zero-order valence-corrected chi connectivity index (χ0v) is 24.3. The molecule has 210 valence electrons. The molecule has 15 nitrogen and oxygen atoms in total. The molecule has 10 atom stereocenters. The number of rotatable bonds is 1. The number of alkyl halides is 1. The maximum Gasteiger partial charge on any atom is 0.472 e. The van der Waals surface area contributed by atoms with E-state index in [0.717, 1.165) is 30.3 Å². The Kier molecular flexibility index (Phi) is 7.64. The fraction of sp³-hybridized carbons (Fsp3) is 0.684. The maximum absolute atomic E-state index is 13.0. The average molecular weight is 706 g/mol. The summed E-state index contributed by atoms with van der Waals surface area (Å²) in [6.07, 6.45) is -4.02. The molecular weight excluding hydrogens is 681 g/mol. The van der Waals surface area contributed by atoms with Crippen LogP contribution in [0, 0.1) is 0 Å². The highest BCUT2D eigenvalue weighted by molar-refractivity contribution is 14.1. The van der Waals surface area contributed by atoms with E-state index in [2.05, 4.69) is 27.5 Å². The number of nitrogens with zero attached hydrogens (tertiary/aromatic N) is 3. The Morgan fingerprint density at radius 2 is 1.87 bits per heavy atom. The van der Waals surface area contributed by atoms with E-state index in [-0.39, 0.29) is 0 Å². The van der Waals surface area contributed by atoms with Crippen molar-refractivity contribution in [3.63, 3.8) is 0 Å². The predicted octanol–water partition coefficient (Wildman–Crippen LogP) is 1.52. The van der Waals surface area contributed by atoms with E-state index in [1.807, 2.05) is 22.6 Å². The van der Waals surface area contributed by atoms with Gasteiger partial charge in [0.05, 0.1) is 18.6 Å². The first kappa shape index (κ1) is 27.8. The van der Waals surface area contributed by atoms with Crippen LogP contribution in [0.3, 0.4) is 0 Å². The number of thiol groups is 1. The van der Waals surface area contributed by atoms with Gasteiger partial charge >= 0.3 is 14.6 Å². The third kappa shape index (κ3) is 5.19. The van der Waals surface area contributed by atoms with Gasteiger partial charge in [-0.2, -0.15) is 0 Å². The summed E-state index contributed by atoms with van der Waals surface area (Å²) in [5.74, 6) is 0.657. The highest BCUT2D eigenvalue weighted by atomic mass is 127. The molecule has 0 aromatic carbocycles. The number of phosphoric ester groups is 1. The van der Waals surface area contributed by atoms with E-state index >= 15 is 0 Å². The third-order valence-electron chi connectivity index (χ3n) is 6.78. The number of aromatic nitrogens is 3. The van der Waals surface area contributed by atoms with Gasteiger partial charge in [0.15, 0.2) is 6.23 Å². The Balaban J connectivity index is 1.33. The third-order valence-corrected chi connectivity index (χ3v) is 10.4. The quantitative estimate of drug-likeness (QED) is 0.124. The van der Waals surface area contributed by atoms with Crippen molar-refractivity contribution < 1.29 is 51.8 Å². The van der Waals surface area contributed by atoms with Crippen LogP contribution < -0.4 is 5.32 Å². The Labute approximate surface area is 234 Å². The molecule has 2 unspecified atom stereocenters. The first-order valence-electron chi connectivity index (χ1n) is 11.7. The Bertz CT molecular complexity index is 1320. The second-order valence-electron chi connectivity index (χ2n) is 9.25. The van der Waals surface area contributed by atoms with Crippen molar-refractivity contribution in [3.8, 4) is 0 Å². The molecule has 0 radical (unpaired) electrons. The van der Waals surface area contributed by atoms with Crippen LogP contribution in [0.1, 0.15) is 18.2 Å². The number of aliphatic hydroxyl groups excluding tert-OH is 2. The number of ether oxygens (including phenoxy) is 2. The number of nitrogens with one attached hydrogen (secondary N) is 1. The van der Waals surface area contributed by atoms with Gasteiger partial charge in [0, 0.05) is 12.7 Å². The van der Waals surface area contributed by atoms with E-state index in [9.17, 15) is 24.2 Å². The Morgan fingerprint density at radius 1 is 1.08 bits per heavy atom. The molecule has 3 fully saturated rings. The van der Waals surface area contributed by atoms with Crippen molar-refractivity contribution >= 4 is 66.3 Å². The van der Waals surface area contributed by atoms with E-state index in [1.54, 1.807) is 10.8 Å². The van der Waals surface area contributed by atoms with Crippen LogP contribution in [-0.4, -0.2) is 90.1 Å². The van der Waals surface area contributed by atoms with Crippen molar-refractivity contribution in [2.45, 2.75) is 59.8 Å². The molecule has 6 heterocycles. The van der Waals surface area contributed by atoms with Gasteiger partial charge in [0.2, 0.25) is 0 Å². The molecular formula is C19H25IN4O11P2S.